The number of rotatable bonds is 6. The summed E-state index contributed by atoms with van der Waals surface area (Å²) in [5, 5.41) is 11.9. The van der Waals surface area contributed by atoms with Crippen LogP contribution in [0.4, 0.5) is 5.69 Å². The van der Waals surface area contributed by atoms with E-state index in [4.69, 9.17) is 4.98 Å². The highest BCUT2D eigenvalue weighted by molar-refractivity contribution is 7.21. The van der Waals surface area contributed by atoms with Gasteiger partial charge in [0.25, 0.3) is 5.91 Å². The maximum atomic E-state index is 13.0. The summed E-state index contributed by atoms with van der Waals surface area (Å²) in [5.74, 6) is -0.251. The molecule has 180 valence electrons. The summed E-state index contributed by atoms with van der Waals surface area (Å²) in [7, 11) is 0. The van der Waals surface area contributed by atoms with Gasteiger partial charge in [-0.05, 0) is 61.8 Å². The molecule has 0 aliphatic carbocycles. The molecule has 0 unspecified atom stereocenters. The minimum atomic E-state index is -0.251. The number of hydrogen-bond acceptors (Lipinski definition) is 7. The molecule has 7 nitrogen and oxygen atoms in total. The Kier molecular flexibility index (Phi) is 6.38. The van der Waals surface area contributed by atoms with Crippen molar-refractivity contribution in [3.05, 3.63) is 84.2 Å². The third-order valence-electron chi connectivity index (χ3n) is 6.47. The Labute approximate surface area is 213 Å². The number of piperidine rings is 1. The topological polar surface area (TPSA) is 91.8 Å². The zero-order chi connectivity index (χ0) is 24.3. The number of anilines is 1. The number of thiazole rings is 1. The number of carbonyl (C=O) groups is 1. The first kappa shape index (κ1) is 22.7. The molecule has 1 amide bonds. The molecule has 8 heteroatoms. The molecule has 0 radical (unpaired) electrons. The third kappa shape index (κ3) is 4.83. The van der Waals surface area contributed by atoms with Crippen LogP contribution in [0.15, 0.2) is 72.9 Å². The van der Waals surface area contributed by atoms with Gasteiger partial charge in [0.05, 0.1) is 11.2 Å². The highest BCUT2D eigenvalue weighted by Gasteiger charge is 2.16. The summed E-state index contributed by atoms with van der Waals surface area (Å²) in [5.41, 5.74) is 4.73. The number of hydrogen-bond donors (Lipinski definition) is 3. The quantitative estimate of drug-likeness (QED) is 0.308. The van der Waals surface area contributed by atoms with Crippen molar-refractivity contribution in [2.45, 2.75) is 25.4 Å². The van der Waals surface area contributed by atoms with Gasteiger partial charge in [0.2, 0.25) is 0 Å². The molecule has 1 saturated heterocycles. The van der Waals surface area contributed by atoms with Gasteiger partial charge in [-0.2, -0.15) is 0 Å². The van der Waals surface area contributed by atoms with Gasteiger partial charge in [-0.25, -0.2) is 15.0 Å². The standard InChI is InChI=1S/C28H26N6OS/c35-26(24-10-9-19-5-1-3-7-22(19)32-24)33-23-8-4-2-6-21(23)27-34-25-15-18(17-31-28(25)36-27)16-30-20-11-13-29-14-12-20/h1-10,15,17,20,29-30H,11-14,16H2,(H,33,35). The van der Waals surface area contributed by atoms with Crippen LogP contribution < -0.4 is 16.0 Å². The molecule has 1 aliphatic rings. The number of para-hydroxylation sites is 2. The first-order valence-corrected chi connectivity index (χ1v) is 13.0. The second-order valence-electron chi connectivity index (χ2n) is 8.98. The van der Waals surface area contributed by atoms with Crippen LogP contribution in [0.25, 0.3) is 31.8 Å². The number of carbonyl (C=O) groups excluding carboxylic acids is 1. The van der Waals surface area contributed by atoms with Gasteiger partial charge >= 0.3 is 0 Å². The van der Waals surface area contributed by atoms with Gasteiger partial charge in [0, 0.05) is 29.7 Å². The lowest BCUT2D eigenvalue weighted by molar-refractivity contribution is 0.102. The highest BCUT2D eigenvalue weighted by atomic mass is 32.1. The summed E-state index contributed by atoms with van der Waals surface area (Å²) >= 11 is 1.53. The number of fused-ring (bicyclic) bond motifs is 2. The predicted octanol–water partition coefficient (Wildman–Crippen LogP) is 5.00. The lowest BCUT2D eigenvalue weighted by Gasteiger charge is -2.23. The van der Waals surface area contributed by atoms with Crippen LogP contribution in [0.5, 0.6) is 0 Å². The molecular formula is C28H26N6OS. The summed E-state index contributed by atoms with van der Waals surface area (Å²) in [4.78, 5) is 28.0. The van der Waals surface area contributed by atoms with Gasteiger partial charge in [-0.1, -0.05) is 47.7 Å². The molecule has 0 atom stereocenters. The van der Waals surface area contributed by atoms with E-state index in [1.54, 1.807) is 6.07 Å². The van der Waals surface area contributed by atoms with E-state index in [0.717, 1.165) is 69.9 Å². The molecule has 1 fully saturated rings. The van der Waals surface area contributed by atoms with Crippen LogP contribution in [0.3, 0.4) is 0 Å². The van der Waals surface area contributed by atoms with E-state index in [1.807, 2.05) is 60.8 Å². The zero-order valence-electron chi connectivity index (χ0n) is 19.7. The van der Waals surface area contributed by atoms with E-state index >= 15 is 0 Å². The molecule has 0 spiro atoms. The van der Waals surface area contributed by atoms with Crippen LogP contribution in [-0.2, 0) is 6.54 Å². The van der Waals surface area contributed by atoms with E-state index in [9.17, 15) is 4.79 Å². The molecule has 4 heterocycles. The van der Waals surface area contributed by atoms with Gasteiger partial charge in [0.15, 0.2) is 0 Å². The SMILES string of the molecule is O=C(Nc1ccccc1-c1nc2cc(CNC3CCNCC3)cnc2s1)c1ccc2ccccc2n1. The van der Waals surface area contributed by atoms with Gasteiger partial charge in [-0.15, -0.1) is 0 Å². The normalized spacial score (nSPS) is 14.3. The monoisotopic (exact) mass is 494 g/mol. The number of amides is 1. The van der Waals surface area contributed by atoms with E-state index in [2.05, 4.69) is 32.0 Å². The van der Waals surface area contributed by atoms with Crippen molar-refractivity contribution in [1.29, 1.82) is 0 Å². The van der Waals surface area contributed by atoms with E-state index < -0.39 is 0 Å². The Hall–Kier alpha value is -3.72. The van der Waals surface area contributed by atoms with Crippen LogP contribution in [-0.4, -0.2) is 40.0 Å². The van der Waals surface area contributed by atoms with Crippen molar-refractivity contribution in [2.24, 2.45) is 0 Å². The van der Waals surface area contributed by atoms with Crippen molar-refractivity contribution in [2.75, 3.05) is 18.4 Å². The van der Waals surface area contributed by atoms with Crippen LogP contribution in [0.2, 0.25) is 0 Å². The Balaban J connectivity index is 1.23. The summed E-state index contributed by atoms with van der Waals surface area (Å²) in [6, 6.07) is 21.8. The van der Waals surface area contributed by atoms with E-state index in [1.165, 1.54) is 11.3 Å². The molecule has 3 N–H and O–H groups in total. The predicted molar refractivity (Wildman–Crippen MR) is 145 cm³/mol. The molecule has 3 aromatic heterocycles. The molecule has 0 bridgehead atoms. The van der Waals surface area contributed by atoms with Gasteiger partial charge in [0.1, 0.15) is 21.0 Å². The largest absolute Gasteiger partial charge is 0.320 e. The van der Waals surface area contributed by atoms with Crippen molar-refractivity contribution >= 4 is 44.2 Å². The van der Waals surface area contributed by atoms with Gasteiger partial charge < -0.3 is 16.0 Å². The minimum absolute atomic E-state index is 0.251. The van der Waals surface area contributed by atoms with Crippen LogP contribution in [0, 0.1) is 0 Å². The van der Waals surface area contributed by atoms with Gasteiger partial charge in [-0.3, -0.25) is 4.79 Å². The molecule has 6 rings (SSSR count). The van der Waals surface area contributed by atoms with Crippen molar-refractivity contribution in [3.8, 4) is 10.6 Å². The Bertz CT molecular complexity index is 1540. The summed E-state index contributed by atoms with van der Waals surface area (Å²) < 4.78 is 0. The molecule has 36 heavy (non-hydrogen) atoms. The zero-order valence-corrected chi connectivity index (χ0v) is 20.5. The fourth-order valence-corrected chi connectivity index (χ4v) is 5.45. The van der Waals surface area contributed by atoms with E-state index in [0.29, 0.717) is 17.4 Å². The number of nitrogens with zero attached hydrogens (tertiary/aromatic N) is 3. The number of benzene rings is 2. The van der Waals surface area contributed by atoms with Crippen LogP contribution in [0.1, 0.15) is 28.9 Å². The average molecular weight is 495 g/mol. The smallest absolute Gasteiger partial charge is 0.274 e. The van der Waals surface area contributed by atoms with Crippen molar-refractivity contribution in [3.63, 3.8) is 0 Å². The maximum absolute atomic E-state index is 13.0. The summed E-state index contributed by atoms with van der Waals surface area (Å²) in [6.45, 7) is 2.92. The van der Waals surface area contributed by atoms with Crippen molar-refractivity contribution < 1.29 is 4.79 Å². The fraction of sp³-hybridized carbons (Fsp3) is 0.214. The molecule has 2 aromatic carbocycles. The number of pyridine rings is 2. The second kappa shape index (κ2) is 10.1. The minimum Gasteiger partial charge on any atom is -0.320 e. The van der Waals surface area contributed by atoms with E-state index in [-0.39, 0.29) is 5.91 Å². The average Bonchev–Trinajstić information content (AvgIpc) is 3.36. The lowest BCUT2D eigenvalue weighted by Crippen LogP contribution is -2.39. The maximum Gasteiger partial charge on any atom is 0.274 e. The fourth-order valence-electron chi connectivity index (χ4n) is 4.52. The number of nitrogens with one attached hydrogen (secondary N) is 3. The van der Waals surface area contributed by atoms with Crippen molar-refractivity contribution in [1.82, 2.24) is 25.6 Å². The Morgan fingerprint density at radius 1 is 0.972 bits per heavy atom. The highest BCUT2D eigenvalue weighted by Crippen LogP contribution is 2.34. The molecule has 0 saturated carbocycles. The Morgan fingerprint density at radius 3 is 2.72 bits per heavy atom. The second-order valence-corrected chi connectivity index (χ2v) is 9.96. The number of aromatic nitrogens is 3. The van der Waals surface area contributed by atoms with Crippen LogP contribution >= 0.6 is 11.3 Å². The molecule has 1 aliphatic heterocycles. The molecular weight excluding hydrogens is 468 g/mol. The third-order valence-corrected chi connectivity index (χ3v) is 7.49. The Morgan fingerprint density at radius 2 is 1.81 bits per heavy atom. The summed E-state index contributed by atoms with van der Waals surface area (Å²) in [6.07, 6.45) is 4.22. The first-order chi connectivity index (χ1) is 17.7. The lowest BCUT2D eigenvalue weighted by atomic mass is 10.1. The molecule has 5 aromatic rings. The first-order valence-electron chi connectivity index (χ1n) is 12.2.